The maximum atomic E-state index is 13.7. The summed E-state index contributed by atoms with van der Waals surface area (Å²) in [5, 5.41) is 10.8. The van der Waals surface area contributed by atoms with Crippen molar-refractivity contribution < 1.29 is 9.50 Å². The Bertz CT molecular complexity index is 517. The van der Waals surface area contributed by atoms with E-state index in [1.54, 1.807) is 19.1 Å². The van der Waals surface area contributed by atoms with Crippen LogP contribution in [0.4, 0.5) is 4.39 Å². The first-order valence-corrected chi connectivity index (χ1v) is 6.09. The summed E-state index contributed by atoms with van der Waals surface area (Å²) in [6, 6.07) is 13.7. The minimum Gasteiger partial charge on any atom is -0.385 e. The second kappa shape index (κ2) is 5.09. The summed E-state index contributed by atoms with van der Waals surface area (Å²) in [5.74, 6) is -0.390. The van der Waals surface area contributed by atoms with Crippen LogP contribution in [-0.4, -0.2) is 5.11 Å². The largest absolute Gasteiger partial charge is 0.385 e. The average Bonchev–Trinajstić information content (AvgIpc) is 2.35. The lowest BCUT2D eigenvalue weighted by atomic mass is 9.89. The molecule has 94 valence electrons. The molecule has 0 saturated heterocycles. The van der Waals surface area contributed by atoms with Crippen molar-refractivity contribution in [3.8, 4) is 0 Å². The molecule has 0 aliphatic heterocycles. The summed E-state index contributed by atoms with van der Waals surface area (Å²) in [4.78, 5) is 0. The molecule has 0 heterocycles. The van der Waals surface area contributed by atoms with E-state index in [-0.39, 0.29) is 6.42 Å². The molecule has 0 aliphatic rings. The summed E-state index contributed by atoms with van der Waals surface area (Å²) in [7, 11) is 0. The molecule has 1 unspecified atom stereocenters. The smallest absolute Gasteiger partial charge is 0.128 e. The Morgan fingerprint density at radius 3 is 2.39 bits per heavy atom. The van der Waals surface area contributed by atoms with E-state index in [0.29, 0.717) is 10.6 Å². The summed E-state index contributed by atoms with van der Waals surface area (Å²) >= 11 is 5.97. The van der Waals surface area contributed by atoms with Gasteiger partial charge in [-0.3, -0.25) is 0 Å². The Balaban J connectivity index is 2.34. The van der Waals surface area contributed by atoms with Gasteiger partial charge in [0, 0.05) is 17.0 Å². The summed E-state index contributed by atoms with van der Waals surface area (Å²) in [6.45, 7) is 1.66. The zero-order valence-electron chi connectivity index (χ0n) is 10.0. The molecule has 18 heavy (non-hydrogen) atoms. The van der Waals surface area contributed by atoms with E-state index in [9.17, 15) is 9.50 Å². The van der Waals surface area contributed by atoms with Gasteiger partial charge in [-0.25, -0.2) is 4.39 Å². The van der Waals surface area contributed by atoms with Crippen LogP contribution in [-0.2, 0) is 12.0 Å². The van der Waals surface area contributed by atoms with Crippen LogP contribution in [0.25, 0.3) is 0 Å². The highest BCUT2D eigenvalue weighted by Crippen LogP contribution is 2.29. The Morgan fingerprint density at radius 2 is 1.78 bits per heavy atom. The SMILES string of the molecule is CC(O)(Cc1c(F)cccc1Cl)c1ccccc1. The van der Waals surface area contributed by atoms with Crippen LogP contribution in [0.1, 0.15) is 18.1 Å². The van der Waals surface area contributed by atoms with Crippen LogP contribution in [0.15, 0.2) is 48.5 Å². The average molecular weight is 265 g/mol. The zero-order chi connectivity index (χ0) is 13.2. The van der Waals surface area contributed by atoms with Crippen molar-refractivity contribution in [2.24, 2.45) is 0 Å². The van der Waals surface area contributed by atoms with Gasteiger partial charge in [-0.1, -0.05) is 48.0 Å². The van der Waals surface area contributed by atoms with Gasteiger partial charge in [0.25, 0.3) is 0 Å². The van der Waals surface area contributed by atoms with Gasteiger partial charge in [0.2, 0.25) is 0 Å². The molecule has 0 fully saturated rings. The number of benzene rings is 2. The van der Waals surface area contributed by atoms with Crippen molar-refractivity contribution in [2.45, 2.75) is 18.9 Å². The molecule has 0 bridgehead atoms. The third-order valence-electron chi connectivity index (χ3n) is 2.98. The molecular weight excluding hydrogens is 251 g/mol. The van der Waals surface area contributed by atoms with Crippen LogP contribution in [0.5, 0.6) is 0 Å². The summed E-state index contributed by atoms with van der Waals surface area (Å²) in [6.07, 6.45) is 0.141. The van der Waals surface area contributed by atoms with Gasteiger partial charge in [-0.15, -0.1) is 0 Å². The monoisotopic (exact) mass is 264 g/mol. The molecule has 0 amide bonds. The number of hydrogen-bond acceptors (Lipinski definition) is 1. The molecule has 0 spiro atoms. The summed E-state index contributed by atoms with van der Waals surface area (Å²) in [5.41, 5.74) is -0.0649. The van der Waals surface area contributed by atoms with E-state index in [0.717, 1.165) is 5.56 Å². The fourth-order valence-corrected chi connectivity index (χ4v) is 2.17. The van der Waals surface area contributed by atoms with Gasteiger partial charge < -0.3 is 5.11 Å². The van der Waals surface area contributed by atoms with Crippen molar-refractivity contribution in [2.75, 3.05) is 0 Å². The standard InChI is InChI=1S/C15H14ClFO/c1-15(18,11-6-3-2-4-7-11)10-12-13(16)8-5-9-14(12)17/h2-9,18H,10H2,1H3. The highest BCUT2D eigenvalue weighted by atomic mass is 35.5. The van der Waals surface area contributed by atoms with Crippen molar-refractivity contribution in [1.82, 2.24) is 0 Å². The third-order valence-corrected chi connectivity index (χ3v) is 3.33. The Kier molecular flexibility index (Phi) is 3.69. The predicted octanol–water partition coefficient (Wildman–Crippen LogP) is 3.93. The molecule has 1 N–H and O–H groups in total. The molecule has 0 aliphatic carbocycles. The number of rotatable bonds is 3. The van der Waals surface area contributed by atoms with Crippen molar-refractivity contribution in [1.29, 1.82) is 0 Å². The van der Waals surface area contributed by atoms with Gasteiger partial charge in [-0.05, 0) is 24.6 Å². The van der Waals surface area contributed by atoms with Crippen LogP contribution in [0.3, 0.4) is 0 Å². The van der Waals surface area contributed by atoms with Crippen molar-refractivity contribution in [3.63, 3.8) is 0 Å². The minimum atomic E-state index is -1.15. The fraction of sp³-hybridized carbons (Fsp3) is 0.200. The van der Waals surface area contributed by atoms with E-state index < -0.39 is 11.4 Å². The van der Waals surface area contributed by atoms with E-state index in [1.807, 2.05) is 30.3 Å². The Labute approximate surface area is 111 Å². The normalized spacial score (nSPS) is 14.2. The third kappa shape index (κ3) is 2.71. The molecule has 2 rings (SSSR count). The first kappa shape index (κ1) is 13.1. The molecule has 2 aromatic carbocycles. The highest BCUT2D eigenvalue weighted by Gasteiger charge is 2.25. The van der Waals surface area contributed by atoms with Gasteiger partial charge >= 0.3 is 0 Å². The van der Waals surface area contributed by atoms with Gasteiger partial charge in [0.1, 0.15) is 5.82 Å². The Hall–Kier alpha value is -1.38. The molecule has 0 aromatic heterocycles. The molecule has 1 atom stereocenters. The van der Waals surface area contributed by atoms with E-state index in [1.165, 1.54) is 6.07 Å². The summed E-state index contributed by atoms with van der Waals surface area (Å²) < 4.78 is 13.7. The van der Waals surface area contributed by atoms with Crippen molar-refractivity contribution >= 4 is 11.6 Å². The van der Waals surface area contributed by atoms with Gasteiger partial charge in [-0.2, -0.15) is 0 Å². The lowest BCUT2D eigenvalue weighted by Gasteiger charge is -2.24. The fourth-order valence-electron chi connectivity index (χ4n) is 1.94. The maximum absolute atomic E-state index is 13.7. The topological polar surface area (TPSA) is 20.2 Å². The lowest BCUT2D eigenvalue weighted by molar-refractivity contribution is 0.0567. The predicted molar refractivity (Wildman–Crippen MR) is 71.1 cm³/mol. The van der Waals surface area contributed by atoms with Crippen LogP contribution < -0.4 is 0 Å². The second-order valence-electron chi connectivity index (χ2n) is 4.52. The lowest BCUT2D eigenvalue weighted by Crippen LogP contribution is -2.24. The van der Waals surface area contributed by atoms with Crippen molar-refractivity contribution in [3.05, 3.63) is 70.5 Å². The van der Waals surface area contributed by atoms with Gasteiger partial charge in [0.05, 0.1) is 5.60 Å². The second-order valence-corrected chi connectivity index (χ2v) is 4.92. The van der Waals surface area contributed by atoms with E-state index >= 15 is 0 Å². The van der Waals surface area contributed by atoms with Crippen LogP contribution in [0, 0.1) is 5.82 Å². The molecule has 2 aromatic rings. The molecular formula is C15H14ClFO. The molecule has 1 nitrogen and oxygen atoms in total. The molecule has 0 radical (unpaired) electrons. The Morgan fingerprint density at radius 1 is 1.11 bits per heavy atom. The van der Waals surface area contributed by atoms with Crippen LogP contribution in [0.2, 0.25) is 5.02 Å². The maximum Gasteiger partial charge on any atom is 0.128 e. The number of aliphatic hydroxyl groups is 1. The first-order chi connectivity index (χ1) is 8.50. The van der Waals surface area contributed by atoms with Gasteiger partial charge in [0.15, 0.2) is 0 Å². The highest BCUT2D eigenvalue weighted by molar-refractivity contribution is 6.31. The molecule has 3 heteroatoms. The van der Waals surface area contributed by atoms with E-state index in [2.05, 4.69) is 0 Å². The zero-order valence-corrected chi connectivity index (χ0v) is 10.8. The first-order valence-electron chi connectivity index (χ1n) is 5.71. The number of hydrogen-bond donors (Lipinski definition) is 1. The minimum absolute atomic E-state index is 0.141. The van der Waals surface area contributed by atoms with Crippen LogP contribution >= 0.6 is 11.6 Å². The number of halogens is 2. The quantitative estimate of drug-likeness (QED) is 0.891. The van der Waals surface area contributed by atoms with E-state index in [4.69, 9.17) is 11.6 Å². The molecule has 0 saturated carbocycles.